The molecule has 1 atom stereocenters. The monoisotopic (exact) mass is 356 g/mol. The number of hydrogen-bond donors (Lipinski definition) is 1. The summed E-state index contributed by atoms with van der Waals surface area (Å²) in [5.41, 5.74) is 1.48. The first-order valence-corrected chi connectivity index (χ1v) is 9.59. The van der Waals surface area contributed by atoms with Crippen LogP contribution in [0.5, 0.6) is 11.5 Å². The third kappa shape index (κ3) is 4.18. The van der Waals surface area contributed by atoms with E-state index in [2.05, 4.69) is 5.32 Å². The molecular formula is C16H24N2O5S. The SMILES string of the molecule is COc1cc(C)c(NC(=O)C2CCCN(S(C)(=O)=O)C2)cc1OC. The van der Waals surface area contributed by atoms with Gasteiger partial charge in [0.15, 0.2) is 11.5 Å². The molecule has 1 saturated heterocycles. The number of sulfonamides is 1. The highest BCUT2D eigenvalue weighted by atomic mass is 32.2. The molecule has 0 bridgehead atoms. The van der Waals surface area contributed by atoms with E-state index in [0.717, 1.165) is 5.56 Å². The molecule has 0 aromatic heterocycles. The number of anilines is 1. The normalized spacial score (nSPS) is 18.9. The Labute approximate surface area is 143 Å². The van der Waals surface area contributed by atoms with Crippen LogP contribution in [0.1, 0.15) is 18.4 Å². The van der Waals surface area contributed by atoms with Gasteiger partial charge in [0, 0.05) is 24.8 Å². The highest BCUT2D eigenvalue weighted by Gasteiger charge is 2.30. The Kier molecular flexibility index (Phi) is 5.71. The van der Waals surface area contributed by atoms with E-state index in [4.69, 9.17) is 9.47 Å². The van der Waals surface area contributed by atoms with E-state index in [1.54, 1.807) is 19.2 Å². The van der Waals surface area contributed by atoms with Crippen LogP contribution in [0.3, 0.4) is 0 Å². The van der Waals surface area contributed by atoms with Gasteiger partial charge in [-0.05, 0) is 31.4 Å². The van der Waals surface area contributed by atoms with Gasteiger partial charge in [0.1, 0.15) is 0 Å². The van der Waals surface area contributed by atoms with Gasteiger partial charge in [0.05, 0.1) is 26.4 Å². The average molecular weight is 356 g/mol. The van der Waals surface area contributed by atoms with Crippen molar-refractivity contribution in [2.24, 2.45) is 5.92 Å². The Bertz CT molecular complexity index is 717. The smallest absolute Gasteiger partial charge is 0.228 e. The first-order valence-electron chi connectivity index (χ1n) is 7.75. The molecule has 134 valence electrons. The number of piperidine rings is 1. The molecule has 7 nitrogen and oxygen atoms in total. The van der Waals surface area contributed by atoms with E-state index in [0.29, 0.717) is 36.6 Å². The van der Waals surface area contributed by atoms with Crippen LogP contribution in [0.25, 0.3) is 0 Å². The maximum absolute atomic E-state index is 12.5. The molecule has 1 aliphatic heterocycles. The van der Waals surface area contributed by atoms with Crippen molar-refractivity contribution in [2.75, 3.05) is 38.9 Å². The van der Waals surface area contributed by atoms with Crippen molar-refractivity contribution in [1.29, 1.82) is 0 Å². The predicted octanol–water partition coefficient (Wildman–Crippen LogP) is 1.62. The molecule has 1 aromatic carbocycles. The number of nitrogens with one attached hydrogen (secondary N) is 1. The zero-order chi connectivity index (χ0) is 17.9. The molecule has 2 rings (SSSR count). The Balaban J connectivity index is 2.15. The maximum Gasteiger partial charge on any atom is 0.228 e. The second kappa shape index (κ2) is 7.40. The summed E-state index contributed by atoms with van der Waals surface area (Å²) in [7, 11) is -0.192. The summed E-state index contributed by atoms with van der Waals surface area (Å²) in [5.74, 6) is 0.577. The van der Waals surface area contributed by atoms with Crippen molar-refractivity contribution in [3.63, 3.8) is 0 Å². The van der Waals surface area contributed by atoms with E-state index < -0.39 is 10.0 Å². The highest BCUT2D eigenvalue weighted by molar-refractivity contribution is 7.88. The summed E-state index contributed by atoms with van der Waals surface area (Å²) in [6, 6.07) is 3.50. The van der Waals surface area contributed by atoms with E-state index in [9.17, 15) is 13.2 Å². The number of hydrogen-bond acceptors (Lipinski definition) is 5. The van der Waals surface area contributed by atoms with Crippen molar-refractivity contribution in [3.05, 3.63) is 17.7 Å². The van der Waals surface area contributed by atoms with Gasteiger partial charge >= 0.3 is 0 Å². The zero-order valence-corrected chi connectivity index (χ0v) is 15.3. The minimum Gasteiger partial charge on any atom is -0.493 e. The fourth-order valence-corrected chi connectivity index (χ4v) is 3.72. The lowest BCUT2D eigenvalue weighted by Crippen LogP contribution is -2.43. The van der Waals surface area contributed by atoms with Gasteiger partial charge in [-0.15, -0.1) is 0 Å². The van der Waals surface area contributed by atoms with Gasteiger partial charge in [-0.25, -0.2) is 12.7 Å². The zero-order valence-electron chi connectivity index (χ0n) is 14.5. The fourth-order valence-electron chi connectivity index (χ4n) is 2.81. The van der Waals surface area contributed by atoms with Crippen LogP contribution in [-0.2, 0) is 14.8 Å². The molecule has 0 spiro atoms. The molecule has 8 heteroatoms. The van der Waals surface area contributed by atoms with Gasteiger partial charge in [-0.3, -0.25) is 4.79 Å². The van der Waals surface area contributed by atoms with Crippen molar-refractivity contribution in [1.82, 2.24) is 4.31 Å². The first-order chi connectivity index (χ1) is 11.3. The van der Waals surface area contributed by atoms with E-state index in [1.165, 1.54) is 17.7 Å². The summed E-state index contributed by atoms with van der Waals surface area (Å²) in [5, 5.41) is 2.88. The molecule has 0 aliphatic carbocycles. The lowest BCUT2D eigenvalue weighted by molar-refractivity contribution is -0.120. The van der Waals surface area contributed by atoms with Gasteiger partial charge in [-0.1, -0.05) is 0 Å². The first kappa shape index (κ1) is 18.5. The summed E-state index contributed by atoms with van der Waals surface area (Å²) in [4.78, 5) is 12.5. The molecule has 1 aliphatic rings. The number of methoxy groups -OCH3 is 2. The molecule has 1 N–H and O–H groups in total. The molecule has 0 saturated carbocycles. The second-order valence-electron chi connectivity index (χ2n) is 5.97. The van der Waals surface area contributed by atoms with Crippen LogP contribution in [-0.4, -0.2) is 52.2 Å². The standard InChI is InChI=1S/C16H24N2O5S/c1-11-8-14(22-2)15(23-3)9-13(11)17-16(19)12-6-5-7-18(10-12)24(4,20)21/h8-9,12H,5-7,10H2,1-4H3,(H,17,19). The van der Waals surface area contributed by atoms with Crippen LogP contribution < -0.4 is 14.8 Å². The molecule has 1 fully saturated rings. The summed E-state index contributed by atoms with van der Waals surface area (Å²) < 4.78 is 35.2. The van der Waals surface area contributed by atoms with Crippen LogP contribution in [0.2, 0.25) is 0 Å². The molecule has 0 radical (unpaired) electrons. The minimum atomic E-state index is -3.28. The van der Waals surface area contributed by atoms with Gasteiger partial charge in [0.2, 0.25) is 15.9 Å². The van der Waals surface area contributed by atoms with Crippen molar-refractivity contribution in [2.45, 2.75) is 19.8 Å². The number of amides is 1. The van der Waals surface area contributed by atoms with Crippen molar-refractivity contribution >= 4 is 21.6 Å². The predicted molar refractivity (Wildman–Crippen MR) is 92.1 cm³/mol. The largest absolute Gasteiger partial charge is 0.493 e. The number of benzene rings is 1. The lowest BCUT2D eigenvalue weighted by Gasteiger charge is -2.30. The summed E-state index contributed by atoms with van der Waals surface area (Å²) >= 11 is 0. The number of carbonyl (C=O) groups excluding carboxylic acids is 1. The van der Waals surface area contributed by atoms with Crippen molar-refractivity contribution in [3.8, 4) is 11.5 Å². The summed E-state index contributed by atoms with van der Waals surface area (Å²) in [6.07, 6.45) is 2.52. The number of carbonyl (C=O) groups is 1. The van der Waals surface area contributed by atoms with Gasteiger partial charge in [-0.2, -0.15) is 0 Å². The third-order valence-corrected chi connectivity index (χ3v) is 5.48. The van der Waals surface area contributed by atoms with Gasteiger partial charge in [0.25, 0.3) is 0 Å². The number of nitrogens with zero attached hydrogens (tertiary/aromatic N) is 1. The van der Waals surface area contributed by atoms with Crippen molar-refractivity contribution < 1.29 is 22.7 Å². The topological polar surface area (TPSA) is 84.9 Å². The highest BCUT2D eigenvalue weighted by Crippen LogP contribution is 2.33. The lowest BCUT2D eigenvalue weighted by atomic mass is 9.98. The Morgan fingerprint density at radius 1 is 1.25 bits per heavy atom. The molecule has 1 amide bonds. The molecular weight excluding hydrogens is 332 g/mol. The Morgan fingerprint density at radius 2 is 1.88 bits per heavy atom. The van der Waals surface area contributed by atoms with Crippen LogP contribution in [0.4, 0.5) is 5.69 Å². The van der Waals surface area contributed by atoms with Crippen LogP contribution >= 0.6 is 0 Å². The maximum atomic E-state index is 12.5. The van der Waals surface area contributed by atoms with Gasteiger partial charge < -0.3 is 14.8 Å². The van der Waals surface area contributed by atoms with E-state index in [-0.39, 0.29) is 18.4 Å². The van der Waals surface area contributed by atoms with Crippen LogP contribution in [0.15, 0.2) is 12.1 Å². The Hall–Kier alpha value is -1.80. The molecule has 24 heavy (non-hydrogen) atoms. The molecule has 1 aromatic rings. The van der Waals surface area contributed by atoms with E-state index in [1.807, 2.05) is 6.92 Å². The number of rotatable bonds is 5. The minimum absolute atomic E-state index is 0.182. The number of aryl methyl sites for hydroxylation is 1. The van der Waals surface area contributed by atoms with Crippen LogP contribution in [0, 0.1) is 12.8 Å². The third-order valence-electron chi connectivity index (χ3n) is 4.21. The second-order valence-corrected chi connectivity index (χ2v) is 7.95. The quantitative estimate of drug-likeness (QED) is 0.867. The molecule has 1 heterocycles. The fraction of sp³-hybridized carbons (Fsp3) is 0.562. The Morgan fingerprint density at radius 3 is 2.46 bits per heavy atom. The summed E-state index contributed by atoms with van der Waals surface area (Å²) in [6.45, 7) is 2.55. The van der Waals surface area contributed by atoms with E-state index >= 15 is 0 Å². The molecule has 1 unspecified atom stereocenters. The average Bonchev–Trinajstić information content (AvgIpc) is 2.55. The number of ether oxygens (including phenoxy) is 2.